The molecule has 1 N–H and O–H groups in total. The van der Waals surface area contributed by atoms with Gasteiger partial charge < -0.3 is 14.3 Å². The van der Waals surface area contributed by atoms with Crippen molar-refractivity contribution < 1.29 is 4.42 Å². The number of thioether (sulfide) groups is 1. The standard InChI is InChI=1S/C23H27N5OS/c1-17-21(16-30-23-25-19-8-4-5-9-20(19)26-23)24-11-10-22(17)28(3)13-12-27(2)15-18-7-6-14-29-18/h4-11,14H,12-13,15-16H2,1-3H3,(H,25,26). The van der Waals surface area contributed by atoms with Gasteiger partial charge in [0.1, 0.15) is 5.76 Å². The molecule has 0 atom stereocenters. The number of anilines is 1. The molecule has 0 aliphatic carbocycles. The Morgan fingerprint density at radius 1 is 1.07 bits per heavy atom. The maximum absolute atomic E-state index is 5.44. The van der Waals surface area contributed by atoms with Crippen LogP contribution in [0.25, 0.3) is 11.0 Å². The Morgan fingerprint density at radius 3 is 2.73 bits per heavy atom. The van der Waals surface area contributed by atoms with Crippen LogP contribution in [0.1, 0.15) is 17.0 Å². The quantitative estimate of drug-likeness (QED) is 0.395. The molecule has 1 aromatic carbocycles. The van der Waals surface area contributed by atoms with Gasteiger partial charge in [0.25, 0.3) is 0 Å². The first-order valence-corrected chi connectivity index (χ1v) is 11.0. The summed E-state index contributed by atoms with van der Waals surface area (Å²) in [6, 6.07) is 14.1. The summed E-state index contributed by atoms with van der Waals surface area (Å²) in [4.78, 5) is 17.2. The average Bonchev–Trinajstić information content (AvgIpc) is 3.40. The second-order valence-electron chi connectivity index (χ2n) is 7.49. The Kier molecular flexibility index (Phi) is 6.40. The molecule has 0 unspecified atom stereocenters. The van der Waals surface area contributed by atoms with Gasteiger partial charge in [-0.1, -0.05) is 23.9 Å². The van der Waals surface area contributed by atoms with Crippen molar-refractivity contribution in [2.75, 3.05) is 32.1 Å². The van der Waals surface area contributed by atoms with Crippen LogP contribution in [0.5, 0.6) is 0 Å². The van der Waals surface area contributed by atoms with Gasteiger partial charge in [-0.3, -0.25) is 9.88 Å². The predicted molar refractivity (Wildman–Crippen MR) is 123 cm³/mol. The Morgan fingerprint density at radius 2 is 1.93 bits per heavy atom. The molecule has 0 aliphatic rings. The summed E-state index contributed by atoms with van der Waals surface area (Å²) >= 11 is 1.69. The van der Waals surface area contributed by atoms with E-state index in [1.807, 2.05) is 42.6 Å². The van der Waals surface area contributed by atoms with E-state index < -0.39 is 0 Å². The molecule has 0 radical (unpaired) electrons. The summed E-state index contributed by atoms with van der Waals surface area (Å²) in [7, 11) is 4.25. The molecule has 0 fully saturated rings. The Labute approximate surface area is 181 Å². The van der Waals surface area contributed by atoms with E-state index in [4.69, 9.17) is 4.42 Å². The van der Waals surface area contributed by atoms with Gasteiger partial charge in [-0.05, 0) is 49.9 Å². The van der Waals surface area contributed by atoms with Gasteiger partial charge in [0, 0.05) is 37.8 Å². The van der Waals surface area contributed by atoms with Crippen molar-refractivity contribution >= 4 is 28.5 Å². The summed E-state index contributed by atoms with van der Waals surface area (Å²) < 4.78 is 5.44. The molecule has 7 heteroatoms. The maximum atomic E-state index is 5.44. The van der Waals surface area contributed by atoms with Crippen molar-refractivity contribution in [2.45, 2.75) is 24.4 Å². The SMILES string of the molecule is Cc1c(N(C)CCN(C)Cc2ccco2)ccnc1CSc1nc2ccccc2[nH]1. The Bertz CT molecular complexity index is 1060. The average molecular weight is 422 g/mol. The van der Waals surface area contributed by atoms with Gasteiger partial charge in [0.2, 0.25) is 0 Å². The molecule has 3 aromatic heterocycles. The fraction of sp³-hybridized carbons (Fsp3) is 0.304. The monoisotopic (exact) mass is 421 g/mol. The first-order valence-electron chi connectivity index (χ1n) is 10.0. The van der Waals surface area contributed by atoms with Gasteiger partial charge in [-0.25, -0.2) is 4.98 Å². The van der Waals surface area contributed by atoms with Crippen molar-refractivity contribution in [1.82, 2.24) is 19.9 Å². The molecule has 4 aromatic rings. The molecular weight excluding hydrogens is 394 g/mol. The van der Waals surface area contributed by atoms with Crippen LogP contribution < -0.4 is 4.90 Å². The molecule has 3 heterocycles. The van der Waals surface area contributed by atoms with Gasteiger partial charge in [0.15, 0.2) is 5.16 Å². The number of likely N-dealkylation sites (N-methyl/N-ethyl adjacent to an activating group) is 2. The minimum Gasteiger partial charge on any atom is -0.468 e. The summed E-state index contributed by atoms with van der Waals surface area (Å²) in [5.41, 5.74) is 5.59. The Hall–Kier alpha value is -2.77. The number of rotatable bonds is 9. The van der Waals surface area contributed by atoms with E-state index in [1.54, 1.807) is 18.0 Å². The zero-order chi connectivity index (χ0) is 20.9. The maximum Gasteiger partial charge on any atom is 0.166 e. The first-order chi connectivity index (χ1) is 14.6. The normalized spacial score (nSPS) is 11.5. The number of aromatic amines is 1. The number of nitrogens with zero attached hydrogens (tertiary/aromatic N) is 4. The van der Waals surface area contributed by atoms with E-state index in [-0.39, 0.29) is 0 Å². The molecular formula is C23H27N5OS. The van der Waals surface area contributed by atoms with Gasteiger partial charge in [-0.2, -0.15) is 0 Å². The van der Waals surface area contributed by atoms with Crippen LogP contribution in [0.2, 0.25) is 0 Å². The number of H-pyrrole nitrogens is 1. The number of benzene rings is 1. The number of furan rings is 1. The van der Waals surface area contributed by atoms with E-state index in [9.17, 15) is 0 Å². The lowest BCUT2D eigenvalue weighted by molar-refractivity contribution is 0.301. The molecule has 0 saturated heterocycles. The molecule has 0 spiro atoms. The summed E-state index contributed by atoms with van der Waals surface area (Å²) in [6.45, 7) is 4.84. The number of hydrogen-bond acceptors (Lipinski definition) is 6. The molecule has 4 rings (SSSR count). The topological polar surface area (TPSA) is 61.2 Å². The molecule has 0 amide bonds. The molecule has 0 saturated carbocycles. The fourth-order valence-corrected chi connectivity index (χ4v) is 4.36. The minimum absolute atomic E-state index is 0.783. The van der Waals surface area contributed by atoms with Crippen LogP contribution in [-0.4, -0.2) is 47.0 Å². The van der Waals surface area contributed by atoms with Crippen LogP contribution in [-0.2, 0) is 12.3 Å². The zero-order valence-corrected chi connectivity index (χ0v) is 18.4. The van der Waals surface area contributed by atoms with Gasteiger partial charge in [0.05, 0.1) is 29.5 Å². The van der Waals surface area contributed by atoms with Crippen molar-refractivity contribution in [1.29, 1.82) is 0 Å². The minimum atomic E-state index is 0.783. The number of fused-ring (bicyclic) bond motifs is 1. The van der Waals surface area contributed by atoms with Crippen LogP contribution >= 0.6 is 11.8 Å². The molecule has 30 heavy (non-hydrogen) atoms. The van der Waals surface area contributed by atoms with E-state index in [2.05, 4.69) is 51.8 Å². The molecule has 6 nitrogen and oxygen atoms in total. The van der Waals surface area contributed by atoms with E-state index in [0.29, 0.717) is 0 Å². The van der Waals surface area contributed by atoms with Crippen LogP contribution in [0.4, 0.5) is 5.69 Å². The largest absolute Gasteiger partial charge is 0.468 e. The first kappa shape index (κ1) is 20.5. The highest BCUT2D eigenvalue weighted by molar-refractivity contribution is 7.98. The summed E-state index contributed by atoms with van der Waals surface area (Å²) in [6.07, 6.45) is 3.63. The third-order valence-electron chi connectivity index (χ3n) is 5.23. The lowest BCUT2D eigenvalue weighted by atomic mass is 10.2. The van der Waals surface area contributed by atoms with E-state index in [0.717, 1.165) is 53.0 Å². The highest BCUT2D eigenvalue weighted by Gasteiger charge is 2.12. The van der Waals surface area contributed by atoms with Crippen LogP contribution in [0.15, 0.2) is 64.5 Å². The number of imidazole rings is 1. The number of aromatic nitrogens is 3. The second kappa shape index (κ2) is 9.36. The van der Waals surface area contributed by atoms with Crippen LogP contribution in [0, 0.1) is 6.92 Å². The lowest BCUT2D eigenvalue weighted by Gasteiger charge is -2.25. The lowest BCUT2D eigenvalue weighted by Crippen LogP contribution is -2.31. The second-order valence-corrected chi connectivity index (χ2v) is 8.45. The van der Waals surface area contributed by atoms with Crippen molar-refractivity contribution in [3.05, 3.63) is 71.9 Å². The highest BCUT2D eigenvalue weighted by atomic mass is 32.2. The number of nitrogens with one attached hydrogen (secondary N) is 1. The molecule has 156 valence electrons. The summed E-state index contributed by atoms with van der Waals surface area (Å²) in [5.74, 6) is 1.77. The van der Waals surface area contributed by atoms with Gasteiger partial charge in [-0.15, -0.1) is 0 Å². The molecule has 0 bridgehead atoms. The van der Waals surface area contributed by atoms with Crippen molar-refractivity contribution in [3.63, 3.8) is 0 Å². The highest BCUT2D eigenvalue weighted by Crippen LogP contribution is 2.27. The smallest absolute Gasteiger partial charge is 0.166 e. The number of pyridine rings is 1. The van der Waals surface area contributed by atoms with Crippen molar-refractivity contribution in [3.8, 4) is 0 Å². The third-order valence-corrected chi connectivity index (χ3v) is 6.11. The van der Waals surface area contributed by atoms with Crippen LogP contribution in [0.3, 0.4) is 0 Å². The zero-order valence-electron chi connectivity index (χ0n) is 17.6. The fourth-order valence-electron chi connectivity index (χ4n) is 3.45. The number of para-hydroxylation sites is 2. The van der Waals surface area contributed by atoms with Gasteiger partial charge >= 0.3 is 0 Å². The van der Waals surface area contributed by atoms with E-state index in [1.165, 1.54) is 11.3 Å². The summed E-state index contributed by atoms with van der Waals surface area (Å²) in [5, 5.41) is 0.927. The third kappa shape index (κ3) is 4.86. The Balaban J connectivity index is 1.36. The molecule has 0 aliphatic heterocycles. The van der Waals surface area contributed by atoms with E-state index >= 15 is 0 Å². The number of hydrogen-bond donors (Lipinski definition) is 1. The predicted octanol–water partition coefficient (Wildman–Crippen LogP) is 4.72. The van der Waals surface area contributed by atoms with Crippen molar-refractivity contribution in [2.24, 2.45) is 0 Å².